The number of fused-ring (bicyclic) bond motifs is 1. The number of aryl methyl sites for hydroxylation is 2. The summed E-state index contributed by atoms with van der Waals surface area (Å²) in [5, 5.41) is 0. The second-order valence-corrected chi connectivity index (χ2v) is 12.8. The summed E-state index contributed by atoms with van der Waals surface area (Å²) in [6.07, 6.45) is -0.503. The third-order valence-electron chi connectivity index (χ3n) is 7.88. The maximum atomic E-state index is 14.6. The lowest BCUT2D eigenvalue weighted by Crippen LogP contribution is -2.49. The molecule has 0 saturated carbocycles. The molecule has 7 nitrogen and oxygen atoms in total. The summed E-state index contributed by atoms with van der Waals surface area (Å²) < 4.78 is 35.4. The number of nitrogens with zero attached hydrogens (tertiary/aromatic N) is 2. The summed E-state index contributed by atoms with van der Waals surface area (Å²) in [4.78, 5) is 18.5. The monoisotopic (exact) mass is 617 g/mol. The molecule has 1 heterocycles. The first-order chi connectivity index (χ1) is 21.7. The highest BCUT2D eigenvalue weighted by atomic mass is 32.2. The molecule has 5 aromatic carbocycles. The zero-order valence-electron chi connectivity index (χ0n) is 25.5. The van der Waals surface area contributed by atoms with Crippen LogP contribution < -0.4 is 19.3 Å². The Hall–Kier alpha value is -5.08. The lowest BCUT2D eigenvalue weighted by atomic mass is 9.98. The van der Waals surface area contributed by atoms with Gasteiger partial charge in [-0.15, -0.1) is 0 Å². The van der Waals surface area contributed by atoms with Gasteiger partial charge < -0.3 is 9.64 Å². The molecule has 6 rings (SSSR count). The smallest absolute Gasteiger partial charge is 0.262 e. The van der Waals surface area contributed by atoms with Gasteiger partial charge in [0, 0.05) is 17.9 Å². The Morgan fingerprint density at radius 3 is 2.07 bits per heavy atom. The number of carbonyl (C=O) groups excluding carboxylic acids is 1. The van der Waals surface area contributed by atoms with Gasteiger partial charge >= 0.3 is 0 Å². The first-order valence-corrected chi connectivity index (χ1v) is 16.4. The molecule has 45 heavy (non-hydrogen) atoms. The molecule has 0 aliphatic carbocycles. The fourth-order valence-corrected chi connectivity index (χ4v) is 6.68. The number of hydrogen-bond acceptors (Lipinski definition) is 5. The molecule has 1 atom stereocenters. The second kappa shape index (κ2) is 12.5. The molecule has 5 aromatic rings. The molecule has 228 valence electrons. The fourth-order valence-electron chi connectivity index (χ4n) is 5.60. The van der Waals surface area contributed by atoms with E-state index in [4.69, 9.17) is 4.74 Å². The van der Waals surface area contributed by atoms with Gasteiger partial charge in [0.15, 0.2) is 0 Å². The highest BCUT2D eigenvalue weighted by molar-refractivity contribution is 7.92. The van der Waals surface area contributed by atoms with Crippen LogP contribution in [-0.4, -0.2) is 20.9 Å². The van der Waals surface area contributed by atoms with Crippen LogP contribution in [0.3, 0.4) is 0 Å². The van der Waals surface area contributed by atoms with Crippen molar-refractivity contribution in [3.63, 3.8) is 0 Å². The number of hydrogen-bond donors (Lipinski definition) is 1. The minimum absolute atomic E-state index is 0.00951. The molecule has 0 saturated heterocycles. The molecule has 1 amide bonds. The maximum Gasteiger partial charge on any atom is 0.262 e. The number of sulfonamides is 1. The van der Waals surface area contributed by atoms with E-state index < -0.39 is 16.2 Å². The predicted molar refractivity (Wildman–Crippen MR) is 179 cm³/mol. The largest absolute Gasteiger partial charge is 0.494 e. The highest BCUT2D eigenvalue weighted by Crippen LogP contribution is 2.43. The van der Waals surface area contributed by atoms with Crippen LogP contribution in [0.2, 0.25) is 0 Å². The summed E-state index contributed by atoms with van der Waals surface area (Å²) in [5.41, 5.74) is 6.20. The van der Waals surface area contributed by atoms with Crippen molar-refractivity contribution < 1.29 is 17.9 Å². The highest BCUT2D eigenvalue weighted by Gasteiger charge is 2.40. The topological polar surface area (TPSA) is 78.9 Å². The molecule has 0 fully saturated rings. The lowest BCUT2D eigenvalue weighted by molar-refractivity contribution is 0.0968. The third kappa shape index (κ3) is 6.28. The number of anilines is 3. The number of ether oxygens (including phenoxy) is 1. The zero-order chi connectivity index (χ0) is 31.6. The molecule has 1 aliphatic heterocycles. The summed E-state index contributed by atoms with van der Waals surface area (Å²) in [7, 11) is -3.98. The van der Waals surface area contributed by atoms with Crippen LogP contribution in [0.5, 0.6) is 5.75 Å². The Morgan fingerprint density at radius 2 is 1.42 bits per heavy atom. The van der Waals surface area contributed by atoms with Gasteiger partial charge in [0.2, 0.25) is 0 Å². The quantitative estimate of drug-likeness (QED) is 0.182. The molecule has 0 radical (unpaired) electrons. The van der Waals surface area contributed by atoms with E-state index in [1.807, 2.05) is 112 Å². The van der Waals surface area contributed by atoms with Crippen LogP contribution >= 0.6 is 0 Å². The Labute approximate surface area is 264 Å². The van der Waals surface area contributed by atoms with Gasteiger partial charge in [-0.25, -0.2) is 8.42 Å². The summed E-state index contributed by atoms with van der Waals surface area (Å²) in [5.74, 6) is 0.408. The van der Waals surface area contributed by atoms with Gasteiger partial charge in [-0.1, -0.05) is 77.9 Å². The normalized spacial score (nSPS) is 14.6. The number of amides is 1. The van der Waals surface area contributed by atoms with Gasteiger partial charge in [-0.2, -0.15) is 0 Å². The molecule has 0 bridgehead atoms. The zero-order valence-corrected chi connectivity index (χ0v) is 26.3. The molecule has 1 aliphatic rings. The Balaban J connectivity index is 1.51. The standard InChI is InChI=1S/C37H35N3O4S/c1-4-44-32-20-18-31(19-21-32)40-36(29-14-10-26(2)11-15-29)39(25-28-8-6-5-7-9-28)35-23-22-33(24-34(35)37(40)41)45(42,43)38-30-16-12-27(3)13-17-30/h5-24,36,38H,4,25H2,1-3H3/t36-/m0/s1. The van der Waals surface area contributed by atoms with Gasteiger partial charge in [0.25, 0.3) is 15.9 Å². The molecule has 0 spiro atoms. The summed E-state index contributed by atoms with van der Waals surface area (Å²) >= 11 is 0. The lowest BCUT2D eigenvalue weighted by Gasteiger charge is -2.46. The van der Waals surface area contributed by atoms with Crippen LogP contribution in [0, 0.1) is 13.8 Å². The average Bonchev–Trinajstić information content (AvgIpc) is 3.05. The minimum atomic E-state index is -3.98. The number of benzene rings is 5. The predicted octanol–water partition coefficient (Wildman–Crippen LogP) is 7.87. The van der Waals surface area contributed by atoms with E-state index in [1.54, 1.807) is 29.2 Å². The second-order valence-electron chi connectivity index (χ2n) is 11.2. The van der Waals surface area contributed by atoms with Crippen LogP contribution in [0.25, 0.3) is 0 Å². The van der Waals surface area contributed by atoms with E-state index in [9.17, 15) is 13.2 Å². The SMILES string of the molecule is CCOc1ccc(N2C(=O)c3cc(S(=O)(=O)Nc4ccc(C)cc4)ccc3N(Cc3ccccc3)[C@@H]2c2ccc(C)cc2)cc1. The maximum absolute atomic E-state index is 14.6. The van der Waals surface area contributed by atoms with Gasteiger partial charge in [-0.05, 0) is 86.5 Å². The van der Waals surface area contributed by atoms with Crippen LogP contribution in [-0.2, 0) is 16.6 Å². The van der Waals surface area contributed by atoms with Gasteiger partial charge in [0.05, 0.1) is 22.8 Å². The average molecular weight is 618 g/mol. The van der Waals surface area contributed by atoms with Crippen LogP contribution in [0.1, 0.15) is 45.7 Å². The van der Waals surface area contributed by atoms with Crippen molar-refractivity contribution in [1.29, 1.82) is 0 Å². The Kier molecular flexibility index (Phi) is 8.32. The minimum Gasteiger partial charge on any atom is -0.494 e. The summed E-state index contributed by atoms with van der Waals surface area (Å²) in [6, 6.07) is 37.6. The van der Waals surface area contributed by atoms with Gasteiger partial charge in [-0.3, -0.25) is 14.4 Å². The number of rotatable bonds is 9. The molecule has 0 aromatic heterocycles. The van der Waals surface area contributed by atoms with Crippen LogP contribution in [0.4, 0.5) is 17.1 Å². The van der Waals surface area contributed by atoms with E-state index in [0.717, 1.165) is 22.3 Å². The van der Waals surface area contributed by atoms with Crippen molar-refractivity contribution in [2.45, 2.75) is 38.4 Å². The van der Waals surface area contributed by atoms with E-state index in [2.05, 4.69) is 9.62 Å². The van der Waals surface area contributed by atoms with Crippen molar-refractivity contribution in [2.75, 3.05) is 21.1 Å². The molecule has 0 unspecified atom stereocenters. The van der Waals surface area contributed by atoms with E-state index >= 15 is 0 Å². The van der Waals surface area contributed by atoms with E-state index in [1.165, 1.54) is 6.07 Å². The molecular formula is C37H35N3O4S. The molecule has 1 N–H and O–H groups in total. The molecule has 8 heteroatoms. The van der Waals surface area contributed by atoms with Crippen molar-refractivity contribution in [2.24, 2.45) is 0 Å². The Morgan fingerprint density at radius 1 is 0.778 bits per heavy atom. The third-order valence-corrected chi connectivity index (χ3v) is 9.26. The first kappa shape index (κ1) is 30.0. The van der Waals surface area contributed by atoms with Gasteiger partial charge in [0.1, 0.15) is 11.9 Å². The van der Waals surface area contributed by atoms with E-state index in [0.29, 0.717) is 41.5 Å². The van der Waals surface area contributed by atoms with Crippen molar-refractivity contribution >= 4 is 33.0 Å². The fraction of sp³-hybridized carbons (Fsp3) is 0.162. The van der Waals surface area contributed by atoms with Crippen molar-refractivity contribution in [3.8, 4) is 5.75 Å². The van der Waals surface area contributed by atoms with Crippen molar-refractivity contribution in [1.82, 2.24) is 0 Å². The Bertz CT molecular complexity index is 1910. The molecular weight excluding hydrogens is 582 g/mol. The number of carbonyl (C=O) groups is 1. The van der Waals surface area contributed by atoms with Crippen molar-refractivity contribution in [3.05, 3.63) is 149 Å². The first-order valence-electron chi connectivity index (χ1n) is 14.9. The number of nitrogens with one attached hydrogen (secondary N) is 1. The van der Waals surface area contributed by atoms with E-state index in [-0.39, 0.29) is 10.8 Å². The van der Waals surface area contributed by atoms with Crippen LogP contribution in [0.15, 0.2) is 126 Å². The summed E-state index contributed by atoms with van der Waals surface area (Å²) in [6.45, 7) is 6.91.